The van der Waals surface area contributed by atoms with Gasteiger partial charge in [0.25, 0.3) is 0 Å². The maximum Gasteiger partial charge on any atom is 0.126 e. The van der Waals surface area contributed by atoms with Gasteiger partial charge in [0, 0.05) is 18.7 Å². The summed E-state index contributed by atoms with van der Waals surface area (Å²) in [5, 5.41) is 3.56. The molecule has 19 heavy (non-hydrogen) atoms. The molecule has 1 aliphatic carbocycles. The average molecular weight is 265 g/mol. The van der Waals surface area contributed by atoms with Crippen LogP contribution in [0.4, 0.5) is 4.39 Å². The summed E-state index contributed by atoms with van der Waals surface area (Å²) in [6, 6.07) is 5.29. The van der Waals surface area contributed by atoms with E-state index in [2.05, 4.69) is 12.2 Å². The van der Waals surface area contributed by atoms with Crippen LogP contribution in [0.2, 0.25) is 0 Å². The number of benzene rings is 1. The van der Waals surface area contributed by atoms with Crippen LogP contribution in [0.25, 0.3) is 0 Å². The van der Waals surface area contributed by atoms with Gasteiger partial charge in [0.1, 0.15) is 18.2 Å². The second-order valence-corrected chi connectivity index (χ2v) is 5.58. The normalized spacial score (nSPS) is 23.3. The zero-order valence-electron chi connectivity index (χ0n) is 11.9. The third-order valence-corrected chi connectivity index (χ3v) is 4.03. The minimum Gasteiger partial charge on any atom is -0.492 e. The first-order chi connectivity index (χ1) is 9.16. The molecule has 0 saturated heterocycles. The standard InChI is InChI=1S/C16H24FNO/c1-12-5-3-4-6-15(12)18-9-10-19-16-11-14(17)8-7-13(16)2/h7-8,11-12,15,18H,3-6,9-10H2,1-2H3. The molecule has 1 fully saturated rings. The van der Waals surface area contributed by atoms with Gasteiger partial charge < -0.3 is 10.1 Å². The zero-order chi connectivity index (χ0) is 13.7. The molecule has 1 aromatic rings. The molecule has 2 rings (SSSR count). The van der Waals surface area contributed by atoms with E-state index in [1.54, 1.807) is 6.07 Å². The van der Waals surface area contributed by atoms with Gasteiger partial charge in [-0.2, -0.15) is 0 Å². The fourth-order valence-electron chi connectivity index (χ4n) is 2.75. The van der Waals surface area contributed by atoms with E-state index in [0.29, 0.717) is 18.4 Å². The molecular weight excluding hydrogens is 241 g/mol. The zero-order valence-corrected chi connectivity index (χ0v) is 11.9. The number of nitrogens with one attached hydrogen (secondary N) is 1. The van der Waals surface area contributed by atoms with E-state index >= 15 is 0 Å². The van der Waals surface area contributed by atoms with Crippen LogP contribution < -0.4 is 10.1 Å². The van der Waals surface area contributed by atoms with Crippen LogP contribution in [0.1, 0.15) is 38.2 Å². The van der Waals surface area contributed by atoms with Gasteiger partial charge >= 0.3 is 0 Å². The Morgan fingerprint density at radius 3 is 2.89 bits per heavy atom. The van der Waals surface area contributed by atoms with Gasteiger partial charge in [-0.25, -0.2) is 4.39 Å². The van der Waals surface area contributed by atoms with Crippen molar-refractivity contribution < 1.29 is 9.13 Å². The van der Waals surface area contributed by atoms with Crippen molar-refractivity contribution in [2.75, 3.05) is 13.2 Å². The smallest absolute Gasteiger partial charge is 0.126 e. The molecule has 1 aromatic carbocycles. The van der Waals surface area contributed by atoms with Gasteiger partial charge in [-0.05, 0) is 37.3 Å². The molecule has 0 amide bonds. The Bertz CT molecular complexity index is 408. The Balaban J connectivity index is 1.73. The number of ether oxygens (including phenoxy) is 1. The van der Waals surface area contributed by atoms with Crippen LogP contribution in [-0.2, 0) is 0 Å². The predicted octanol–water partition coefficient (Wildman–Crippen LogP) is 3.68. The summed E-state index contributed by atoms with van der Waals surface area (Å²) in [4.78, 5) is 0. The minimum absolute atomic E-state index is 0.241. The van der Waals surface area contributed by atoms with Gasteiger partial charge in [-0.1, -0.05) is 25.8 Å². The Kier molecular flexibility index (Phi) is 5.20. The van der Waals surface area contributed by atoms with Crippen LogP contribution in [0.15, 0.2) is 18.2 Å². The van der Waals surface area contributed by atoms with Crippen LogP contribution in [0.5, 0.6) is 5.75 Å². The fourth-order valence-corrected chi connectivity index (χ4v) is 2.75. The first kappa shape index (κ1) is 14.3. The van der Waals surface area contributed by atoms with Crippen molar-refractivity contribution in [2.24, 2.45) is 5.92 Å². The number of halogens is 1. The van der Waals surface area contributed by atoms with Crippen molar-refractivity contribution >= 4 is 0 Å². The third kappa shape index (κ3) is 4.20. The molecule has 0 bridgehead atoms. The van der Waals surface area contributed by atoms with Gasteiger partial charge in [-0.15, -0.1) is 0 Å². The largest absolute Gasteiger partial charge is 0.492 e. The van der Waals surface area contributed by atoms with Crippen LogP contribution in [-0.4, -0.2) is 19.2 Å². The molecule has 0 heterocycles. The third-order valence-electron chi connectivity index (χ3n) is 4.03. The van der Waals surface area contributed by atoms with Crippen molar-refractivity contribution in [3.05, 3.63) is 29.6 Å². The first-order valence-corrected chi connectivity index (χ1v) is 7.29. The molecule has 2 unspecified atom stereocenters. The number of aryl methyl sites for hydroxylation is 1. The summed E-state index contributed by atoms with van der Waals surface area (Å²) in [6.45, 7) is 5.66. The fraction of sp³-hybridized carbons (Fsp3) is 0.625. The summed E-state index contributed by atoms with van der Waals surface area (Å²) in [6.07, 6.45) is 5.27. The Morgan fingerprint density at radius 1 is 1.32 bits per heavy atom. The quantitative estimate of drug-likeness (QED) is 0.820. The van der Waals surface area contributed by atoms with Crippen molar-refractivity contribution in [3.8, 4) is 5.75 Å². The molecule has 0 aliphatic heterocycles. The Hall–Kier alpha value is -1.09. The van der Waals surface area contributed by atoms with Crippen molar-refractivity contribution in [1.82, 2.24) is 5.32 Å². The van der Waals surface area contributed by atoms with Crippen molar-refractivity contribution in [3.63, 3.8) is 0 Å². The summed E-state index contributed by atoms with van der Waals surface area (Å²) in [7, 11) is 0. The predicted molar refractivity (Wildman–Crippen MR) is 76.1 cm³/mol. The van der Waals surface area contributed by atoms with Gasteiger partial charge in [-0.3, -0.25) is 0 Å². The van der Waals surface area contributed by atoms with E-state index in [4.69, 9.17) is 4.74 Å². The topological polar surface area (TPSA) is 21.3 Å². The van der Waals surface area contributed by atoms with E-state index < -0.39 is 0 Å². The Morgan fingerprint density at radius 2 is 2.11 bits per heavy atom. The average Bonchev–Trinajstić information content (AvgIpc) is 2.40. The summed E-state index contributed by atoms with van der Waals surface area (Å²) < 4.78 is 18.7. The lowest BCUT2D eigenvalue weighted by molar-refractivity contribution is 0.250. The molecular formula is C16H24FNO. The van der Waals surface area contributed by atoms with E-state index in [9.17, 15) is 4.39 Å². The monoisotopic (exact) mass is 265 g/mol. The maximum atomic E-state index is 13.1. The molecule has 3 heteroatoms. The molecule has 1 aliphatic rings. The highest BCUT2D eigenvalue weighted by molar-refractivity contribution is 5.32. The highest BCUT2D eigenvalue weighted by Gasteiger charge is 2.20. The van der Waals surface area contributed by atoms with Crippen LogP contribution in [0, 0.1) is 18.7 Å². The number of hydrogen-bond acceptors (Lipinski definition) is 2. The molecule has 106 valence electrons. The maximum absolute atomic E-state index is 13.1. The summed E-state index contributed by atoms with van der Waals surface area (Å²) in [5.74, 6) is 1.16. The summed E-state index contributed by atoms with van der Waals surface area (Å²) >= 11 is 0. The lowest BCUT2D eigenvalue weighted by Crippen LogP contribution is -2.39. The second-order valence-electron chi connectivity index (χ2n) is 5.58. The highest BCUT2D eigenvalue weighted by Crippen LogP contribution is 2.23. The van der Waals surface area contributed by atoms with E-state index in [0.717, 1.165) is 18.0 Å². The summed E-state index contributed by atoms with van der Waals surface area (Å²) in [5.41, 5.74) is 0.979. The molecule has 0 spiro atoms. The number of hydrogen-bond donors (Lipinski definition) is 1. The number of rotatable bonds is 5. The minimum atomic E-state index is -0.241. The van der Waals surface area contributed by atoms with E-state index in [1.165, 1.54) is 37.8 Å². The molecule has 0 radical (unpaired) electrons. The van der Waals surface area contributed by atoms with E-state index in [1.807, 2.05) is 6.92 Å². The molecule has 1 saturated carbocycles. The van der Waals surface area contributed by atoms with Crippen LogP contribution >= 0.6 is 0 Å². The van der Waals surface area contributed by atoms with Gasteiger partial charge in [0.2, 0.25) is 0 Å². The van der Waals surface area contributed by atoms with Crippen LogP contribution in [0.3, 0.4) is 0 Å². The SMILES string of the molecule is Cc1ccc(F)cc1OCCNC1CCCCC1C. The van der Waals surface area contributed by atoms with E-state index in [-0.39, 0.29) is 5.82 Å². The lowest BCUT2D eigenvalue weighted by atomic mass is 9.86. The first-order valence-electron chi connectivity index (χ1n) is 7.29. The van der Waals surface area contributed by atoms with Crippen molar-refractivity contribution in [2.45, 2.75) is 45.6 Å². The van der Waals surface area contributed by atoms with Crippen molar-refractivity contribution in [1.29, 1.82) is 0 Å². The van der Waals surface area contributed by atoms with Gasteiger partial charge in [0.05, 0.1) is 0 Å². The molecule has 2 atom stereocenters. The van der Waals surface area contributed by atoms with Gasteiger partial charge in [0.15, 0.2) is 0 Å². The highest BCUT2D eigenvalue weighted by atomic mass is 19.1. The second kappa shape index (κ2) is 6.90. The molecule has 2 nitrogen and oxygen atoms in total. The molecule has 1 N–H and O–H groups in total. The lowest BCUT2D eigenvalue weighted by Gasteiger charge is -2.29. The Labute approximate surface area is 115 Å². The molecule has 0 aromatic heterocycles.